The molecule has 0 bridgehead atoms. The zero-order valence-electron chi connectivity index (χ0n) is 10.8. The first kappa shape index (κ1) is 13.6. The molecule has 0 saturated carbocycles. The molecule has 0 aliphatic rings. The Morgan fingerprint density at radius 1 is 1.29 bits per heavy atom. The van der Waals surface area contributed by atoms with Crippen LogP contribution in [0.2, 0.25) is 0 Å². The molecule has 0 atom stereocenters. The fourth-order valence-corrected chi connectivity index (χ4v) is 2.46. The van der Waals surface area contributed by atoms with Crippen molar-refractivity contribution in [2.45, 2.75) is 6.54 Å². The second-order valence-electron chi connectivity index (χ2n) is 4.41. The minimum atomic E-state index is -0.766. The van der Waals surface area contributed by atoms with E-state index < -0.39 is 5.69 Å². The molecule has 7 heteroatoms. The van der Waals surface area contributed by atoms with Crippen LogP contribution in [0.15, 0.2) is 51.9 Å². The summed E-state index contributed by atoms with van der Waals surface area (Å²) in [5, 5.41) is 13.3. The second kappa shape index (κ2) is 5.53. The van der Waals surface area contributed by atoms with Crippen molar-refractivity contribution < 1.29 is 5.21 Å². The van der Waals surface area contributed by atoms with Gasteiger partial charge in [-0.15, -0.1) is 4.73 Å². The summed E-state index contributed by atoms with van der Waals surface area (Å²) >= 11 is 3.41. The van der Waals surface area contributed by atoms with Gasteiger partial charge in [0.1, 0.15) is 5.82 Å². The van der Waals surface area contributed by atoms with Gasteiger partial charge in [-0.3, -0.25) is 0 Å². The first-order valence-corrected chi connectivity index (χ1v) is 7.00. The lowest BCUT2D eigenvalue weighted by molar-refractivity contribution is 0.182. The standard InChI is InChI=1S/C14H11BrN4O2/c15-10-4-1-3-9(7-10)8-17-12-11-5-2-6-16-13(11)19(21)14(20)18-12/h1-7,21H,8H2,(H,17,18,20). The van der Waals surface area contributed by atoms with Gasteiger partial charge < -0.3 is 10.5 Å². The highest BCUT2D eigenvalue weighted by molar-refractivity contribution is 9.10. The number of nitrogens with zero attached hydrogens (tertiary/aromatic N) is 3. The van der Waals surface area contributed by atoms with Gasteiger partial charge in [-0.1, -0.05) is 28.1 Å². The van der Waals surface area contributed by atoms with E-state index in [0.29, 0.717) is 22.5 Å². The Kier molecular flexibility index (Phi) is 3.57. The summed E-state index contributed by atoms with van der Waals surface area (Å²) in [6.45, 7) is 0.505. The lowest BCUT2D eigenvalue weighted by Crippen LogP contribution is -2.23. The van der Waals surface area contributed by atoms with E-state index in [0.717, 1.165) is 10.0 Å². The predicted molar refractivity (Wildman–Crippen MR) is 82.5 cm³/mol. The number of nitrogens with one attached hydrogen (secondary N) is 1. The summed E-state index contributed by atoms with van der Waals surface area (Å²) in [5.74, 6) is 0.397. The summed E-state index contributed by atoms with van der Waals surface area (Å²) < 4.78 is 1.42. The van der Waals surface area contributed by atoms with Crippen molar-refractivity contribution in [3.8, 4) is 0 Å². The van der Waals surface area contributed by atoms with Gasteiger partial charge in [-0.2, -0.15) is 4.98 Å². The molecule has 21 heavy (non-hydrogen) atoms. The highest BCUT2D eigenvalue weighted by atomic mass is 79.9. The first-order valence-electron chi connectivity index (χ1n) is 6.20. The Morgan fingerprint density at radius 3 is 2.95 bits per heavy atom. The maximum absolute atomic E-state index is 11.6. The third-order valence-electron chi connectivity index (χ3n) is 2.98. The van der Waals surface area contributed by atoms with E-state index in [9.17, 15) is 10.0 Å². The van der Waals surface area contributed by atoms with Crippen molar-refractivity contribution in [2.75, 3.05) is 5.32 Å². The molecule has 0 aliphatic carbocycles. The van der Waals surface area contributed by atoms with Crippen molar-refractivity contribution in [3.63, 3.8) is 0 Å². The maximum atomic E-state index is 11.6. The molecule has 3 rings (SSSR count). The summed E-state index contributed by atoms with van der Waals surface area (Å²) in [7, 11) is 0. The van der Waals surface area contributed by atoms with E-state index in [1.807, 2.05) is 24.3 Å². The molecule has 0 fully saturated rings. The molecular weight excluding hydrogens is 336 g/mol. The van der Waals surface area contributed by atoms with E-state index in [-0.39, 0.29) is 5.65 Å². The van der Waals surface area contributed by atoms with E-state index in [4.69, 9.17) is 0 Å². The smallest absolute Gasteiger partial charge is 0.384 e. The van der Waals surface area contributed by atoms with Crippen LogP contribution in [0, 0.1) is 0 Å². The Balaban J connectivity index is 1.98. The largest absolute Gasteiger partial charge is 0.422 e. The quantitative estimate of drug-likeness (QED) is 0.712. The molecule has 6 nitrogen and oxygen atoms in total. The van der Waals surface area contributed by atoms with E-state index in [1.54, 1.807) is 12.1 Å². The van der Waals surface area contributed by atoms with Crippen LogP contribution >= 0.6 is 15.9 Å². The van der Waals surface area contributed by atoms with Gasteiger partial charge in [-0.25, -0.2) is 9.78 Å². The molecule has 2 N–H and O–H groups in total. The van der Waals surface area contributed by atoms with Gasteiger partial charge in [0, 0.05) is 17.2 Å². The lowest BCUT2D eigenvalue weighted by Gasteiger charge is -2.09. The number of hydrogen-bond donors (Lipinski definition) is 2. The number of benzene rings is 1. The van der Waals surface area contributed by atoms with Crippen LogP contribution < -0.4 is 11.0 Å². The van der Waals surface area contributed by atoms with E-state index >= 15 is 0 Å². The number of aromatic nitrogens is 3. The molecule has 1 aromatic carbocycles. The van der Waals surface area contributed by atoms with Crippen LogP contribution in [0.1, 0.15) is 5.56 Å². The molecule has 2 aromatic heterocycles. The minimum absolute atomic E-state index is 0.175. The fourth-order valence-electron chi connectivity index (χ4n) is 2.01. The first-order chi connectivity index (χ1) is 10.1. The molecule has 106 valence electrons. The van der Waals surface area contributed by atoms with Crippen LogP contribution in [-0.4, -0.2) is 19.9 Å². The molecular formula is C14H11BrN4O2. The van der Waals surface area contributed by atoms with Crippen molar-refractivity contribution in [3.05, 3.63) is 63.1 Å². The second-order valence-corrected chi connectivity index (χ2v) is 5.33. The Bertz CT molecular complexity index is 863. The molecule has 3 aromatic rings. The molecule has 0 saturated heterocycles. The Labute approximate surface area is 128 Å². The van der Waals surface area contributed by atoms with E-state index in [1.165, 1.54) is 6.20 Å². The highest BCUT2D eigenvalue weighted by Crippen LogP contribution is 2.18. The predicted octanol–water partition coefficient (Wildman–Crippen LogP) is 2.40. The third kappa shape index (κ3) is 2.73. The normalized spacial score (nSPS) is 10.7. The maximum Gasteiger partial charge on any atom is 0.384 e. The SMILES string of the molecule is O=c1nc(NCc2cccc(Br)c2)c2cccnc2n1O. The van der Waals surface area contributed by atoms with Crippen LogP contribution in [-0.2, 0) is 6.54 Å². The van der Waals surface area contributed by atoms with Gasteiger partial charge in [0.2, 0.25) is 0 Å². The van der Waals surface area contributed by atoms with Crippen LogP contribution in [0.4, 0.5) is 5.82 Å². The van der Waals surface area contributed by atoms with Gasteiger partial charge >= 0.3 is 5.69 Å². The molecule has 2 heterocycles. The molecule has 0 radical (unpaired) electrons. The number of fused-ring (bicyclic) bond motifs is 1. The highest BCUT2D eigenvalue weighted by Gasteiger charge is 2.10. The van der Waals surface area contributed by atoms with Crippen LogP contribution in [0.3, 0.4) is 0 Å². The summed E-state index contributed by atoms with van der Waals surface area (Å²) in [5.41, 5.74) is 0.448. The molecule has 0 amide bonds. The van der Waals surface area contributed by atoms with Gasteiger partial charge in [0.05, 0.1) is 5.39 Å². The monoisotopic (exact) mass is 346 g/mol. The zero-order valence-corrected chi connectivity index (χ0v) is 12.4. The average molecular weight is 347 g/mol. The van der Waals surface area contributed by atoms with Crippen molar-refractivity contribution in [1.82, 2.24) is 14.7 Å². The van der Waals surface area contributed by atoms with E-state index in [2.05, 4.69) is 31.2 Å². The molecule has 0 spiro atoms. The van der Waals surface area contributed by atoms with Gasteiger partial charge in [0.25, 0.3) is 0 Å². The number of hydrogen-bond acceptors (Lipinski definition) is 5. The summed E-state index contributed by atoms with van der Waals surface area (Å²) in [6.07, 6.45) is 1.51. The average Bonchev–Trinajstić information content (AvgIpc) is 2.50. The summed E-state index contributed by atoms with van der Waals surface area (Å²) in [4.78, 5) is 19.5. The minimum Gasteiger partial charge on any atom is -0.422 e. The number of pyridine rings is 1. The third-order valence-corrected chi connectivity index (χ3v) is 3.47. The zero-order chi connectivity index (χ0) is 14.8. The molecule has 0 unspecified atom stereocenters. The van der Waals surface area contributed by atoms with Crippen molar-refractivity contribution >= 4 is 32.8 Å². The topological polar surface area (TPSA) is 80.0 Å². The number of halogens is 1. The van der Waals surface area contributed by atoms with Gasteiger partial charge in [0.15, 0.2) is 5.65 Å². The number of anilines is 1. The van der Waals surface area contributed by atoms with Crippen molar-refractivity contribution in [1.29, 1.82) is 0 Å². The Hall–Kier alpha value is -2.41. The van der Waals surface area contributed by atoms with Crippen LogP contribution in [0.5, 0.6) is 0 Å². The fraction of sp³-hybridized carbons (Fsp3) is 0.0714. The van der Waals surface area contributed by atoms with Crippen LogP contribution in [0.25, 0.3) is 11.0 Å². The molecule has 0 aliphatic heterocycles. The Morgan fingerprint density at radius 2 is 2.14 bits per heavy atom. The van der Waals surface area contributed by atoms with Crippen molar-refractivity contribution in [2.24, 2.45) is 0 Å². The lowest BCUT2D eigenvalue weighted by atomic mass is 10.2. The summed E-state index contributed by atoms with van der Waals surface area (Å²) in [6, 6.07) is 11.3. The number of rotatable bonds is 3. The van der Waals surface area contributed by atoms with Gasteiger partial charge in [-0.05, 0) is 29.8 Å².